The molecule has 100 valence electrons. The molecule has 1 saturated heterocycles. The van der Waals surface area contributed by atoms with Gasteiger partial charge in [-0.05, 0) is 6.42 Å². The van der Waals surface area contributed by atoms with E-state index >= 15 is 0 Å². The first-order valence-electron chi connectivity index (χ1n) is 5.16. The molecule has 2 heterocycles. The van der Waals surface area contributed by atoms with E-state index in [4.69, 9.17) is 9.84 Å². The topological polar surface area (TPSA) is 96.8 Å². The number of nitrogens with zero attached hydrogens (tertiary/aromatic N) is 2. The van der Waals surface area contributed by atoms with Crippen molar-refractivity contribution < 1.29 is 23.1 Å². The van der Waals surface area contributed by atoms with Crippen molar-refractivity contribution >= 4 is 27.3 Å². The maximum absolute atomic E-state index is 12.3. The highest BCUT2D eigenvalue weighted by molar-refractivity contribution is 7.91. The van der Waals surface area contributed by atoms with Crippen LogP contribution in [0.2, 0.25) is 0 Å². The number of carbonyl (C=O) groups is 1. The number of hydrogen-bond acceptors (Lipinski definition) is 6. The van der Waals surface area contributed by atoms with Gasteiger partial charge in [-0.2, -0.15) is 4.31 Å². The molecular formula is C9H12N2O5S2. The zero-order chi connectivity index (χ0) is 13.3. The van der Waals surface area contributed by atoms with Crippen molar-refractivity contribution in [3.63, 3.8) is 0 Å². The van der Waals surface area contributed by atoms with Crippen LogP contribution in [0.3, 0.4) is 0 Å². The minimum absolute atomic E-state index is 0.138. The van der Waals surface area contributed by atoms with Crippen LogP contribution in [-0.2, 0) is 14.8 Å². The summed E-state index contributed by atoms with van der Waals surface area (Å²) in [5.74, 6) is -1.34. The molecule has 1 aliphatic heterocycles. The number of carboxylic acids is 1. The minimum atomic E-state index is -3.79. The summed E-state index contributed by atoms with van der Waals surface area (Å²) in [4.78, 5) is 14.5. The van der Waals surface area contributed by atoms with Gasteiger partial charge in [-0.1, -0.05) is 0 Å². The van der Waals surface area contributed by atoms with Gasteiger partial charge >= 0.3 is 5.97 Å². The van der Waals surface area contributed by atoms with Crippen LogP contribution in [0.5, 0.6) is 0 Å². The Morgan fingerprint density at radius 1 is 1.67 bits per heavy atom. The summed E-state index contributed by atoms with van der Waals surface area (Å²) in [6.07, 6.45) is 0.470. The summed E-state index contributed by atoms with van der Waals surface area (Å²) >= 11 is 0.818. The minimum Gasteiger partial charge on any atom is -0.476 e. The van der Waals surface area contributed by atoms with Crippen molar-refractivity contribution in [3.8, 4) is 0 Å². The van der Waals surface area contributed by atoms with Crippen molar-refractivity contribution in [1.29, 1.82) is 0 Å². The number of aromatic carboxylic acids is 1. The number of sulfonamides is 1. The van der Waals surface area contributed by atoms with Crippen molar-refractivity contribution in [2.75, 3.05) is 20.2 Å². The highest BCUT2D eigenvalue weighted by atomic mass is 32.2. The second-order valence-electron chi connectivity index (χ2n) is 3.80. The first-order chi connectivity index (χ1) is 8.46. The SMILES string of the molecule is COC1CCN(S(=O)(=O)c2scnc2C(=O)O)C1. The summed E-state index contributed by atoms with van der Waals surface area (Å²) in [6, 6.07) is 0. The second kappa shape index (κ2) is 4.92. The van der Waals surface area contributed by atoms with Gasteiger partial charge in [-0.3, -0.25) is 0 Å². The molecule has 0 amide bonds. The van der Waals surface area contributed by atoms with Crippen LogP contribution in [0, 0.1) is 0 Å². The molecule has 0 saturated carbocycles. The van der Waals surface area contributed by atoms with E-state index in [1.807, 2.05) is 0 Å². The molecule has 1 aromatic heterocycles. The first-order valence-corrected chi connectivity index (χ1v) is 7.48. The Bertz CT molecular complexity index is 553. The van der Waals surface area contributed by atoms with Crippen molar-refractivity contribution in [3.05, 3.63) is 11.2 Å². The van der Waals surface area contributed by atoms with Gasteiger partial charge in [-0.15, -0.1) is 11.3 Å². The lowest BCUT2D eigenvalue weighted by atomic mass is 10.3. The fraction of sp³-hybridized carbons (Fsp3) is 0.556. The Hall–Kier alpha value is -1.03. The van der Waals surface area contributed by atoms with Gasteiger partial charge in [0.05, 0.1) is 11.6 Å². The third kappa shape index (κ3) is 2.26. The lowest BCUT2D eigenvalue weighted by Crippen LogP contribution is -2.30. The molecule has 0 radical (unpaired) electrons. The molecule has 7 nitrogen and oxygen atoms in total. The summed E-state index contributed by atoms with van der Waals surface area (Å²) in [5, 5.41) is 8.90. The third-order valence-corrected chi connectivity index (χ3v) is 5.96. The van der Waals surface area contributed by atoms with Crippen LogP contribution in [-0.4, -0.2) is 55.1 Å². The molecule has 18 heavy (non-hydrogen) atoms. The normalized spacial score (nSPS) is 21.3. The monoisotopic (exact) mass is 292 g/mol. The van der Waals surface area contributed by atoms with Crippen LogP contribution >= 0.6 is 11.3 Å². The van der Waals surface area contributed by atoms with Crippen molar-refractivity contribution in [2.24, 2.45) is 0 Å². The number of rotatable bonds is 4. The van der Waals surface area contributed by atoms with Gasteiger partial charge in [0.15, 0.2) is 9.90 Å². The summed E-state index contributed by atoms with van der Waals surface area (Å²) in [5.41, 5.74) is 0.807. The second-order valence-corrected chi connectivity index (χ2v) is 6.79. The Balaban J connectivity index is 2.32. The number of carboxylic acid groups (broad SMARTS) is 1. The lowest BCUT2D eigenvalue weighted by molar-refractivity contribution is 0.0687. The molecule has 0 spiro atoms. The van der Waals surface area contributed by atoms with Gasteiger partial charge < -0.3 is 9.84 Å². The Morgan fingerprint density at radius 2 is 2.39 bits per heavy atom. The van der Waals surface area contributed by atoms with Gasteiger partial charge in [0.2, 0.25) is 0 Å². The highest BCUT2D eigenvalue weighted by Gasteiger charge is 2.36. The number of methoxy groups -OCH3 is 1. The number of thiazole rings is 1. The van der Waals surface area contributed by atoms with Crippen LogP contribution < -0.4 is 0 Å². The molecule has 0 bridgehead atoms. The maximum atomic E-state index is 12.3. The molecule has 1 atom stereocenters. The summed E-state index contributed by atoms with van der Waals surface area (Å²) < 4.78 is 30.6. The fourth-order valence-electron chi connectivity index (χ4n) is 1.79. The first kappa shape index (κ1) is 13.4. The number of hydrogen-bond donors (Lipinski definition) is 1. The quantitative estimate of drug-likeness (QED) is 0.854. The summed E-state index contributed by atoms with van der Waals surface area (Å²) in [6.45, 7) is 0.577. The van der Waals surface area contributed by atoms with E-state index < -0.39 is 21.7 Å². The summed E-state index contributed by atoms with van der Waals surface area (Å²) in [7, 11) is -2.26. The van der Waals surface area contributed by atoms with E-state index in [1.165, 1.54) is 16.9 Å². The number of ether oxygens (including phenoxy) is 1. The van der Waals surface area contributed by atoms with E-state index in [0.717, 1.165) is 11.3 Å². The predicted molar refractivity (Wildman–Crippen MR) is 63.2 cm³/mol. The van der Waals surface area contributed by atoms with Crippen molar-refractivity contribution in [1.82, 2.24) is 9.29 Å². The number of aromatic nitrogens is 1. The average molecular weight is 292 g/mol. The Kier molecular flexibility index (Phi) is 3.66. The van der Waals surface area contributed by atoms with E-state index in [9.17, 15) is 13.2 Å². The fourth-order valence-corrected chi connectivity index (χ4v) is 4.55. The predicted octanol–water partition coefficient (Wildman–Crippen LogP) is 0.251. The standard InChI is InChI=1S/C9H12N2O5S2/c1-16-6-2-3-11(4-6)18(14,15)9-7(8(12)13)10-5-17-9/h5-6H,2-4H2,1H3,(H,12,13). The Morgan fingerprint density at radius 3 is 2.94 bits per heavy atom. The van der Waals surface area contributed by atoms with Gasteiger partial charge in [-0.25, -0.2) is 18.2 Å². The zero-order valence-corrected chi connectivity index (χ0v) is 11.2. The highest BCUT2D eigenvalue weighted by Crippen LogP contribution is 2.27. The Labute approximate surface area is 108 Å². The maximum Gasteiger partial charge on any atom is 0.356 e. The smallest absolute Gasteiger partial charge is 0.356 e. The largest absolute Gasteiger partial charge is 0.476 e. The van der Waals surface area contributed by atoms with Gasteiger partial charge in [0.25, 0.3) is 10.0 Å². The molecule has 1 N–H and O–H groups in total. The molecule has 1 unspecified atom stereocenters. The van der Waals surface area contributed by atoms with Crippen LogP contribution in [0.4, 0.5) is 0 Å². The van der Waals surface area contributed by atoms with Crippen LogP contribution in [0.1, 0.15) is 16.9 Å². The van der Waals surface area contributed by atoms with Crippen molar-refractivity contribution in [2.45, 2.75) is 16.7 Å². The average Bonchev–Trinajstić information content (AvgIpc) is 2.98. The molecular weight excluding hydrogens is 280 g/mol. The van der Waals surface area contributed by atoms with Gasteiger partial charge in [0, 0.05) is 20.2 Å². The van der Waals surface area contributed by atoms with Gasteiger partial charge in [0.1, 0.15) is 0 Å². The molecule has 1 aliphatic rings. The third-order valence-electron chi connectivity index (χ3n) is 2.75. The molecule has 0 aliphatic carbocycles. The van der Waals surface area contributed by atoms with E-state index in [2.05, 4.69) is 4.98 Å². The molecule has 2 rings (SSSR count). The molecule has 9 heteroatoms. The molecule has 1 aromatic rings. The molecule has 1 fully saturated rings. The van der Waals surface area contributed by atoms with E-state index in [-0.39, 0.29) is 16.9 Å². The molecule has 0 aromatic carbocycles. The lowest BCUT2D eigenvalue weighted by Gasteiger charge is -2.15. The van der Waals surface area contributed by atoms with Crippen LogP contribution in [0.15, 0.2) is 9.72 Å². The zero-order valence-electron chi connectivity index (χ0n) is 9.57. The van der Waals surface area contributed by atoms with E-state index in [1.54, 1.807) is 0 Å². The van der Waals surface area contributed by atoms with E-state index in [0.29, 0.717) is 13.0 Å². The van der Waals surface area contributed by atoms with Crippen LogP contribution in [0.25, 0.3) is 0 Å².